The van der Waals surface area contributed by atoms with Gasteiger partial charge in [-0.2, -0.15) is 5.10 Å². The molecule has 0 spiro atoms. The number of carbonyl (C=O) groups is 1. The summed E-state index contributed by atoms with van der Waals surface area (Å²) in [6, 6.07) is 8.41. The summed E-state index contributed by atoms with van der Waals surface area (Å²) in [6.45, 7) is 4.09. The maximum Gasteiger partial charge on any atom is 0.237 e. The zero-order chi connectivity index (χ0) is 18.5. The molecular formula is C19H24ClN5O. The Bertz CT molecular complexity index is 781. The third-order valence-corrected chi connectivity index (χ3v) is 4.77. The van der Waals surface area contributed by atoms with Crippen molar-refractivity contribution in [2.24, 2.45) is 5.73 Å². The number of nitrogens with zero attached hydrogens (tertiary/aromatic N) is 4. The van der Waals surface area contributed by atoms with Crippen LogP contribution in [0.3, 0.4) is 0 Å². The van der Waals surface area contributed by atoms with E-state index in [1.165, 1.54) is 11.1 Å². The molecule has 138 valence electrons. The molecule has 1 unspecified atom stereocenters. The SMILES string of the molecule is CC(N)CCn1cnc(-c2ccc(C3=CCN(C(=O)CCl)CC3)cc2)n1. The van der Waals surface area contributed by atoms with E-state index in [2.05, 4.69) is 28.3 Å². The molecule has 1 amide bonds. The van der Waals surface area contributed by atoms with Crippen molar-refractivity contribution in [3.8, 4) is 11.4 Å². The van der Waals surface area contributed by atoms with Gasteiger partial charge in [-0.1, -0.05) is 30.3 Å². The van der Waals surface area contributed by atoms with E-state index in [1.54, 1.807) is 11.2 Å². The Morgan fingerprint density at radius 3 is 2.65 bits per heavy atom. The highest BCUT2D eigenvalue weighted by Crippen LogP contribution is 2.25. The van der Waals surface area contributed by atoms with E-state index in [0.717, 1.165) is 30.8 Å². The molecule has 26 heavy (non-hydrogen) atoms. The summed E-state index contributed by atoms with van der Waals surface area (Å²) in [7, 11) is 0. The molecule has 1 aliphatic heterocycles. The molecule has 7 heteroatoms. The number of carbonyl (C=O) groups excluding carboxylic acids is 1. The van der Waals surface area contributed by atoms with E-state index in [0.29, 0.717) is 13.1 Å². The monoisotopic (exact) mass is 373 g/mol. The van der Waals surface area contributed by atoms with Gasteiger partial charge in [0.2, 0.25) is 5.91 Å². The summed E-state index contributed by atoms with van der Waals surface area (Å²) in [4.78, 5) is 17.8. The van der Waals surface area contributed by atoms with Crippen LogP contribution in [0.1, 0.15) is 25.3 Å². The summed E-state index contributed by atoms with van der Waals surface area (Å²) >= 11 is 5.62. The lowest BCUT2D eigenvalue weighted by atomic mass is 9.98. The predicted octanol–water partition coefficient (Wildman–Crippen LogP) is 2.54. The molecule has 0 fully saturated rings. The summed E-state index contributed by atoms with van der Waals surface area (Å²) in [5.74, 6) is 0.752. The molecule has 1 aromatic carbocycles. The van der Waals surface area contributed by atoms with E-state index in [9.17, 15) is 4.79 Å². The Morgan fingerprint density at radius 2 is 2.04 bits per heavy atom. The van der Waals surface area contributed by atoms with Crippen molar-refractivity contribution in [1.29, 1.82) is 0 Å². The van der Waals surface area contributed by atoms with Gasteiger partial charge in [-0.25, -0.2) is 4.98 Å². The van der Waals surface area contributed by atoms with Crippen LogP contribution in [0.15, 0.2) is 36.7 Å². The molecule has 3 rings (SSSR count). The Balaban J connectivity index is 1.66. The number of amides is 1. The fourth-order valence-corrected chi connectivity index (χ4v) is 3.12. The molecule has 1 aliphatic rings. The van der Waals surface area contributed by atoms with Crippen LogP contribution in [0.4, 0.5) is 0 Å². The van der Waals surface area contributed by atoms with Gasteiger partial charge < -0.3 is 10.6 Å². The van der Waals surface area contributed by atoms with Gasteiger partial charge in [0.1, 0.15) is 12.2 Å². The van der Waals surface area contributed by atoms with Crippen molar-refractivity contribution in [2.45, 2.75) is 32.4 Å². The van der Waals surface area contributed by atoms with E-state index in [-0.39, 0.29) is 17.8 Å². The van der Waals surface area contributed by atoms with Crippen LogP contribution in [0, 0.1) is 0 Å². The summed E-state index contributed by atoms with van der Waals surface area (Å²) in [5.41, 5.74) is 9.20. The van der Waals surface area contributed by atoms with Crippen molar-refractivity contribution in [3.63, 3.8) is 0 Å². The average molecular weight is 374 g/mol. The molecule has 0 saturated heterocycles. The maximum atomic E-state index is 11.6. The molecule has 0 saturated carbocycles. The number of alkyl halides is 1. The van der Waals surface area contributed by atoms with Crippen molar-refractivity contribution in [1.82, 2.24) is 19.7 Å². The standard InChI is InChI=1S/C19H24ClN5O/c1-14(21)6-11-25-13-22-19(23-25)17-4-2-15(3-5-17)16-7-9-24(10-8-16)18(26)12-20/h2-5,7,13-14H,6,8-12,21H2,1H3. The molecule has 2 heterocycles. The van der Waals surface area contributed by atoms with E-state index in [1.807, 2.05) is 23.7 Å². The van der Waals surface area contributed by atoms with Crippen LogP contribution in [-0.4, -0.2) is 50.6 Å². The summed E-state index contributed by atoms with van der Waals surface area (Å²) in [5, 5.41) is 4.51. The second kappa shape index (κ2) is 8.47. The minimum Gasteiger partial charge on any atom is -0.338 e. The summed E-state index contributed by atoms with van der Waals surface area (Å²) < 4.78 is 1.83. The topological polar surface area (TPSA) is 77.0 Å². The van der Waals surface area contributed by atoms with Crippen LogP contribution >= 0.6 is 11.6 Å². The van der Waals surface area contributed by atoms with Gasteiger partial charge >= 0.3 is 0 Å². The van der Waals surface area contributed by atoms with Crippen LogP contribution in [0.25, 0.3) is 17.0 Å². The molecule has 2 aromatic rings. The highest BCUT2D eigenvalue weighted by molar-refractivity contribution is 6.27. The van der Waals surface area contributed by atoms with Crippen LogP contribution in [0.2, 0.25) is 0 Å². The van der Waals surface area contributed by atoms with Crippen molar-refractivity contribution in [3.05, 3.63) is 42.2 Å². The van der Waals surface area contributed by atoms with Crippen LogP contribution < -0.4 is 5.73 Å². The van der Waals surface area contributed by atoms with E-state index >= 15 is 0 Å². The molecule has 2 N–H and O–H groups in total. The van der Waals surface area contributed by atoms with E-state index in [4.69, 9.17) is 17.3 Å². The quantitative estimate of drug-likeness (QED) is 0.789. The number of benzene rings is 1. The lowest BCUT2D eigenvalue weighted by Gasteiger charge is -2.26. The van der Waals surface area contributed by atoms with Gasteiger partial charge in [-0.3, -0.25) is 9.48 Å². The highest BCUT2D eigenvalue weighted by Gasteiger charge is 2.17. The van der Waals surface area contributed by atoms with Gasteiger partial charge in [0.25, 0.3) is 0 Å². The van der Waals surface area contributed by atoms with Gasteiger partial charge in [-0.05, 0) is 30.9 Å². The second-order valence-corrected chi connectivity index (χ2v) is 6.89. The number of hydrogen-bond donors (Lipinski definition) is 1. The Hall–Kier alpha value is -2.18. The Morgan fingerprint density at radius 1 is 1.31 bits per heavy atom. The zero-order valence-corrected chi connectivity index (χ0v) is 15.7. The molecular weight excluding hydrogens is 350 g/mol. The van der Waals surface area contributed by atoms with Crippen molar-refractivity contribution >= 4 is 23.1 Å². The first kappa shape index (κ1) is 18.6. The first-order valence-corrected chi connectivity index (χ1v) is 9.39. The van der Waals surface area contributed by atoms with Crippen molar-refractivity contribution < 1.29 is 4.79 Å². The van der Waals surface area contributed by atoms with E-state index < -0.39 is 0 Å². The third kappa shape index (κ3) is 4.51. The Labute approximate surface area is 158 Å². The first-order chi connectivity index (χ1) is 12.6. The number of aromatic nitrogens is 3. The first-order valence-electron chi connectivity index (χ1n) is 8.85. The smallest absolute Gasteiger partial charge is 0.237 e. The lowest BCUT2D eigenvalue weighted by Crippen LogP contribution is -2.35. The molecule has 6 nitrogen and oxygen atoms in total. The fraction of sp³-hybridized carbons (Fsp3) is 0.421. The minimum absolute atomic E-state index is 0.0111. The number of nitrogens with two attached hydrogens (primary N) is 1. The van der Waals surface area contributed by atoms with Crippen LogP contribution in [-0.2, 0) is 11.3 Å². The Kier molecular flexibility index (Phi) is 6.06. The third-order valence-electron chi connectivity index (χ3n) is 4.54. The molecule has 1 atom stereocenters. The zero-order valence-electron chi connectivity index (χ0n) is 14.9. The van der Waals surface area contributed by atoms with Crippen molar-refractivity contribution in [2.75, 3.05) is 19.0 Å². The number of hydrogen-bond acceptors (Lipinski definition) is 4. The highest BCUT2D eigenvalue weighted by atomic mass is 35.5. The number of rotatable bonds is 6. The van der Waals surface area contributed by atoms with Crippen LogP contribution in [0.5, 0.6) is 0 Å². The number of aryl methyl sites for hydroxylation is 1. The predicted molar refractivity (Wildman–Crippen MR) is 104 cm³/mol. The molecule has 0 bridgehead atoms. The van der Waals surface area contributed by atoms with Gasteiger partial charge in [-0.15, -0.1) is 11.6 Å². The van der Waals surface area contributed by atoms with Gasteiger partial charge in [0.15, 0.2) is 5.82 Å². The second-order valence-electron chi connectivity index (χ2n) is 6.63. The molecule has 0 radical (unpaired) electrons. The largest absolute Gasteiger partial charge is 0.338 e. The molecule has 0 aliphatic carbocycles. The normalized spacial score (nSPS) is 15.7. The van der Waals surface area contributed by atoms with Gasteiger partial charge in [0, 0.05) is 31.2 Å². The average Bonchev–Trinajstić information content (AvgIpc) is 3.15. The number of halogens is 1. The minimum atomic E-state index is -0.0111. The molecule has 1 aromatic heterocycles. The lowest BCUT2D eigenvalue weighted by molar-refractivity contribution is -0.128. The van der Waals surface area contributed by atoms with Gasteiger partial charge in [0.05, 0.1) is 0 Å². The fourth-order valence-electron chi connectivity index (χ4n) is 2.95. The maximum absolute atomic E-state index is 11.6. The summed E-state index contributed by atoms with van der Waals surface area (Å²) in [6.07, 6.45) is 5.56.